The molecule has 0 bridgehead atoms. The van der Waals surface area contributed by atoms with Crippen LogP contribution in [0.4, 0.5) is 5.69 Å². The number of amides is 1. The minimum Gasteiger partial charge on any atom is -0.481 e. The van der Waals surface area contributed by atoms with Gasteiger partial charge >= 0.3 is 5.97 Å². The predicted octanol–water partition coefficient (Wildman–Crippen LogP) is 1.73. The molecule has 1 aromatic carbocycles. The van der Waals surface area contributed by atoms with Gasteiger partial charge in [0, 0.05) is 11.7 Å². The van der Waals surface area contributed by atoms with Gasteiger partial charge in [0.15, 0.2) is 0 Å². The van der Waals surface area contributed by atoms with Gasteiger partial charge in [0.25, 0.3) is 0 Å². The van der Waals surface area contributed by atoms with Crippen LogP contribution in [0.15, 0.2) is 24.3 Å². The van der Waals surface area contributed by atoms with E-state index in [2.05, 4.69) is 5.32 Å². The van der Waals surface area contributed by atoms with Gasteiger partial charge in [0.1, 0.15) is 0 Å². The number of carbonyl (C=O) groups excluding carboxylic acids is 1. The van der Waals surface area contributed by atoms with Crippen LogP contribution in [0.3, 0.4) is 0 Å². The van der Waals surface area contributed by atoms with Crippen LogP contribution in [-0.2, 0) is 9.59 Å². The van der Waals surface area contributed by atoms with Gasteiger partial charge in [-0.05, 0) is 38.9 Å². The highest BCUT2D eigenvalue weighted by Crippen LogP contribution is 2.24. The van der Waals surface area contributed by atoms with Crippen LogP contribution in [0.5, 0.6) is 0 Å². The summed E-state index contributed by atoms with van der Waals surface area (Å²) in [6, 6.07) is 7.50. The number of nitrogens with one attached hydrogen (secondary N) is 1. The molecular weight excluding hydrogens is 256 g/mol. The molecule has 1 amide bonds. The van der Waals surface area contributed by atoms with Crippen molar-refractivity contribution in [3.63, 3.8) is 0 Å². The maximum atomic E-state index is 12.0. The highest BCUT2D eigenvalue weighted by Gasteiger charge is 2.36. The molecule has 2 rings (SSSR count). The Balaban J connectivity index is 1.89. The minimum atomic E-state index is -0.779. The summed E-state index contributed by atoms with van der Waals surface area (Å²) in [5.74, 6) is -1.26. The molecule has 1 aliphatic heterocycles. The van der Waals surface area contributed by atoms with Gasteiger partial charge in [0.2, 0.25) is 5.91 Å². The normalized spacial score (nSPS) is 22.7. The van der Waals surface area contributed by atoms with Crippen molar-refractivity contribution in [1.29, 1.82) is 0 Å². The molecule has 2 N–H and O–H groups in total. The summed E-state index contributed by atoms with van der Waals surface area (Å²) in [4.78, 5) is 24.9. The number of anilines is 1. The summed E-state index contributed by atoms with van der Waals surface area (Å²) in [5, 5.41) is 11.9. The zero-order chi connectivity index (χ0) is 14.7. The molecule has 2 atom stereocenters. The lowest BCUT2D eigenvalue weighted by molar-refractivity contribution is -0.142. The molecule has 0 saturated carbocycles. The van der Waals surface area contributed by atoms with Gasteiger partial charge in [-0.25, -0.2) is 0 Å². The Morgan fingerprint density at radius 3 is 2.55 bits per heavy atom. The largest absolute Gasteiger partial charge is 0.481 e. The topological polar surface area (TPSA) is 69.6 Å². The summed E-state index contributed by atoms with van der Waals surface area (Å²) >= 11 is 0. The quantitative estimate of drug-likeness (QED) is 0.878. The summed E-state index contributed by atoms with van der Waals surface area (Å²) in [6.07, 6.45) is 0.605. The predicted molar refractivity (Wildman–Crippen MR) is 76.6 cm³/mol. The second kappa shape index (κ2) is 6.05. The molecule has 0 aliphatic carbocycles. The Kier molecular flexibility index (Phi) is 4.39. The van der Waals surface area contributed by atoms with Crippen molar-refractivity contribution in [2.24, 2.45) is 5.92 Å². The fourth-order valence-electron chi connectivity index (χ4n) is 2.58. The first kappa shape index (κ1) is 14.5. The number of benzene rings is 1. The monoisotopic (exact) mass is 276 g/mol. The van der Waals surface area contributed by atoms with Gasteiger partial charge in [-0.15, -0.1) is 0 Å². The smallest absolute Gasteiger partial charge is 0.308 e. The van der Waals surface area contributed by atoms with E-state index in [0.29, 0.717) is 13.0 Å². The number of aryl methyl sites for hydroxylation is 1. The Morgan fingerprint density at radius 1 is 1.35 bits per heavy atom. The lowest BCUT2D eigenvalue weighted by atomic mass is 10.0. The zero-order valence-electron chi connectivity index (χ0n) is 11.8. The number of carbonyl (C=O) groups is 2. The first-order chi connectivity index (χ1) is 9.47. The van der Waals surface area contributed by atoms with Crippen LogP contribution in [0, 0.1) is 12.8 Å². The SMILES string of the molecule is Cc1ccc(NC(=O)CN2CCC(C(=O)O)C2C)cc1. The molecule has 5 nitrogen and oxygen atoms in total. The first-order valence-corrected chi connectivity index (χ1v) is 6.81. The maximum Gasteiger partial charge on any atom is 0.308 e. The van der Waals surface area contributed by atoms with Crippen LogP contribution in [-0.4, -0.2) is 41.0 Å². The van der Waals surface area contributed by atoms with E-state index >= 15 is 0 Å². The number of aliphatic carboxylic acids is 1. The van der Waals surface area contributed by atoms with Crippen molar-refractivity contribution in [3.05, 3.63) is 29.8 Å². The van der Waals surface area contributed by atoms with Gasteiger partial charge in [-0.3, -0.25) is 14.5 Å². The molecule has 0 aromatic heterocycles. The van der Waals surface area contributed by atoms with Crippen molar-refractivity contribution in [3.8, 4) is 0 Å². The number of carboxylic acids is 1. The van der Waals surface area contributed by atoms with Crippen LogP contribution in [0.2, 0.25) is 0 Å². The lowest BCUT2D eigenvalue weighted by Gasteiger charge is -2.22. The molecule has 0 radical (unpaired) electrons. The molecule has 2 unspecified atom stereocenters. The minimum absolute atomic E-state index is 0.101. The van der Waals surface area contributed by atoms with Crippen molar-refractivity contribution in [2.45, 2.75) is 26.3 Å². The highest BCUT2D eigenvalue weighted by molar-refractivity contribution is 5.92. The number of likely N-dealkylation sites (tertiary alicyclic amines) is 1. The van der Waals surface area contributed by atoms with E-state index in [0.717, 1.165) is 11.3 Å². The van der Waals surface area contributed by atoms with Crippen LogP contribution in [0.25, 0.3) is 0 Å². The fourth-order valence-corrected chi connectivity index (χ4v) is 2.58. The van der Waals surface area contributed by atoms with E-state index in [1.165, 1.54) is 0 Å². The molecule has 1 aromatic rings. The molecule has 1 aliphatic rings. The third-order valence-corrected chi connectivity index (χ3v) is 3.88. The lowest BCUT2D eigenvalue weighted by Crippen LogP contribution is -2.38. The molecule has 1 saturated heterocycles. The van der Waals surface area contributed by atoms with Crippen molar-refractivity contribution >= 4 is 17.6 Å². The van der Waals surface area contributed by atoms with Gasteiger partial charge in [-0.2, -0.15) is 0 Å². The number of hydrogen-bond donors (Lipinski definition) is 2. The molecule has 0 spiro atoms. The first-order valence-electron chi connectivity index (χ1n) is 6.81. The third kappa shape index (κ3) is 3.36. The molecule has 1 fully saturated rings. The highest BCUT2D eigenvalue weighted by atomic mass is 16.4. The van der Waals surface area contributed by atoms with E-state index < -0.39 is 5.97 Å². The molecule has 20 heavy (non-hydrogen) atoms. The maximum absolute atomic E-state index is 12.0. The van der Waals surface area contributed by atoms with E-state index in [1.807, 2.05) is 43.0 Å². The van der Waals surface area contributed by atoms with E-state index in [1.54, 1.807) is 0 Å². The Labute approximate surface area is 118 Å². The zero-order valence-corrected chi connectivity index (χ0v) is 11.8. The van der Waals surface area contributed by atoms with Gasteiger partial charge < -0.3 is 10.4 Å². The second-order valence-corrected chi connectivity index (χ2v) is 5.36. The average molecular weight is 276 g/mol. The molecule has 108 valence electrons. The van der Waals surface area contributed by atoms with Crippen LogP contribution < -0.4 is 5.32 Å². The molecular formula is C15H20N2O3. The van der Waals surface area contributed by atoms with Crippen LogP contribution >= 0.6 is 0 Å². The fraction of sp³-hybridized carbons (Fsp3) is 0.467. The Morgan fingerprint density at radius 2 is 2.00 bits per heavy atom. The summed E-state index contributed by atoms with van der Waals surface area (Å²) in [5.41, 5.74) is 1.91. The Hall–Kier alpha value is -1.88. The average Bonchev–Trinajstić information content (AvgIpc) is 2.74. The number of rotatable bonds is 4. The molecule has 5 heteroatoms. The van der Waals surface area contributed by atoms with E-state index in [9.17, 15) is 9.59 Å². The van der Waals surface area contributed by atoms with Crippen LogP contribution in [0.1, 0.15) is 18.9 Å². The van der Waals surface area contributed by atoms with E-state index in [-0.39, 0.29) is 24.4 Å². The summed E-state index contributed by atoms with van der Waals surface area (Å²) in [7, 11) is 0. The van der Waals surface area contributed by atoms with Gasteiger partial charge in [-0.1, -0.05) is 17.7 Å². The second-order valence-electron chi connectivity index (χ2n) is 5.36. The van der Waals surface area contributed by atoms with Crippen molar-refractivity contribution < 1.29 is 14.7 Å². The number of carboxylic acid groups (broad SMARTS) is 1. The van der Waals surface area contributed by atoms with Crippen molar-refractivity contribution in [2.75, 3.05) is 18.4 Å². The third-order valence-electron chi connectivity index (χ3n) is 3.88. The Bertz CT molecular complexity index is 498. The standard InChI is InChI=1S/C15H20N2O3/c1-10-3-5-12(6-4-10)16-14(18)9-17-8-7-13(11(17)2)15(19)20/h3-6,11,13H,7-9H2,1-2H3,(H,16,18)(H,19,20). The van der Waals surface area contributed by atoms with Gasteiger partial charge in [0.05, 0.1) is 12.5 Å². The number of hydrogen-bond acceptors (Lipinski definition) is 3. The van der Waals surface area contributed by atoms with Crippen molar-refractivity contribution in [1.82, 2.24) is 4.90 Å². The summed E-state index contributed by atoms with van der Waals surface area (Å²) < 4.78 is 0. The van der Waals surface area contributed by atoms with E-state index in [4.69, 9.17) is 5.11 Å². The molecule has 1 heterocycles. The number of nitrogens with zero attached hydrogens (tertiary/aromatic N) is 1. The summed E-state index contributed by atoms with van der Waals surface area (Å²) in [6.45, 7) is 4.74.